The number of hydrogen-bond acceptors (Lipinski definition) is 2. The molecular weight excluding hydrogens is 335 g/mol. The molecule has 0 heterocycles. The summed E-state index contributed by atoms with van der Waals surface area (Å²) in [5.74, 6) is -0.434. The van der Waals surface area contributed by atoms with E-state index in [9.17, 15) is 9.18 Å². The lowest BCUT2D eigenvalue weighted by Crippen LogP contribution is -2.34. The molecule has 5 heteroatoms. The first-order valence-electron chi connectivity index (χ1n) is 6.52. The van der Waals surface area contributed by atoms with E-state index in [0.29, 0.717) is 11.0 Å². The SMILES string of the molecule is CN(CC(=O)NCc1cc(F)cc(Br)c1)c1ccccc1. The van der Waals surface area contributed by atoms with Gasteiger partial charge in [0.2, 0.25) is 5.91 Å². The largest absolute Gasteiger partial charge is 0.365 e. The maximum Gasteiger partial charge on any atom is 0.239 e. The van der Waals surface area contributed by atoms with Gasteiger partial charge in [-0.25, -0.2) is 4.39 Å². The van der Waals surface area contributed by atoms with Crippen molar-refractivity contribution in [1.82, 2.24) is 5.32 Å². The molecule has 1 N–H and O–H groups in total. The second-order valence-corrected chi connectivity index (χ2v) is 5.66. The fourth-order valence-corrected chi connectivity index (χ4v) is 2.47. The molecule has 1 amide bonds. The Morgan fingerprint density at radius 1 is 1.24 bits per heavy atom. The molecule has 0 saturated heterocycles. The normalized spacial score (nSPS) is 10.2. The molecular formula is C16H16BrFN2O. The van der Waals surface area contributed by atoms with E-state index >= 15 is 0 Å². The summed E-state index contributed by atoms with van der Waals surface area (Å²) in [7, 11) is 1.85. The first-order valence-corrected chi connectivity index (χ1v) is 7.32. The molecule has 110 valence electrons. The molecule has 0 aliphatic rings. The number of anilines is 1. The molecule has 0 unspecified atom stereocenters. The monoisotopic (exact) mass is 350 g/mol. The highest BCUT2D eigenvalue weighted by molar-refractivity contribution is 9.10. The molecule has 0 aromatic heterocycles. The van der Waals surface area contributed by atoms with Crippen molar-refractivity contribution in [2.75, 3.05) is 18.5 Å². The Kier molecular flexibility index (Phi) is 5.33. The minimum absolute atomic E-state index is 0.110. The Labute approximate surface area is 131 Å². The standard InChI is InChI=1S/C16H16BrFN2O/c1-20(15-5-3-2-4-6-15)11-16(21)19-10-12-7-13(17)9-14(18)8-12/h2-9H,10-11H2,1H3,(H,19,21). The van der Waals surface area contributed by atoms with Crippen LogP contribution in [0.4, 0.5) is 10.1 Å². The van der Waals surface area contributed by atoms with Crippen LogP contribution in [-0.4, -0.2) is 19.5 Å². The minimum Gasteiger partial charge on any atom is -0.365 e. The summed E-state index contributed by atoms with van der Waals surface area (Å²) < 4.78 is 13.9. The van der Waals surface area contributed by atoms with Gasteiger partial charge in [0.25, 0.3) is 0 Å². The van der Waals surface area contributed by atoms with Crippen LogP contribution < -0.4 is 10.2 Å². The number of carbonyl (C=O) groups excluding carboxylic acids is 1. The van der Waals surface area contributed by atoms with Gasteiger partial charge in [-0.3, -0.25) is 4.79 Å². The molecule has 21 heavy (non-hydrogen) atoms. The number of nitrogens with one attached hydrogen (secondary N) is 1. The Morgan fingerprint density at radius 3 is 2.62 bits per heavy atom. The number of likely N-dealkylation sites (N-methyl/N-ethyl adjacent to an activating group) is 1. The summed E-state index contributed by atoms with van der Waals surface area (Å²) in [6, 6.07) is 14.2. The molecule has 0 bridgehead atoms. The molecule has 2 aromatic rings. The van der Waals surface area contributed by atoms with E-state index < -0.39 is 0 Å². The fraction of sp³-hybridized carbons (Fsp3) is 0.188. The van der Waals surface area contributed by atoms with Crippen molar-refractivity contribution in [2.45, 2.75) is 6.54 Å². The highest BCUT2D eigenvalue weighted by Gasteiger charge is 2.07. The van der Waals surface area contributed by atoms with Crippen molar-refractivity contribution in [1.29, 1.82) is 0 Å². The second-order valence-electron chi connectivity index (χ2n) is 4.75. The molecule has 2 rings (SSSR count). The van der Waals surface area contributed by atoms with Gasteiger partial charge in [-0.05, 0) is 35.9 Å². The Balaban J connectivity index is 1.87. The molecule has 0 fully saturated rings. The zero-order valence-corrected chi connectivity index (χ0v) is 13.2. The molecule has 0 spiro atoms. The van der Waals surface area contributed by atoms with Gasteiger partial charge in [-0.1, -0.05) is 34.1 Å². The zero-order valence-electron chi connectivity index (χ0n) is 11.6. The minimum atomic E-state index is -0.324. The van der Waals surface area contributed by atoms with Crippen molar-refractivity contribution in [3.05, 3.63) is 64.4 Å². The number of nitrogens with zero attached hydrogens (tertiary/aromatic N) is 1. The van der Waals surface area contributed by atoms with Crippen LogP contribution in [0.3, 0.4) is 0 Å². The number of carbonyl (C=O) groups is 1. The third-order valence-corrected chi connectivity index (χ3v) is 3.45. The van der Waals surface area contributed by atoms with Crippen LogP contribution in [0.25, 0.3) is 0 Å². The Morgan fingerprint density at radius 2 is 1.95 bits per heavy atom. The van der Waals surface area contributed by atoms with E-state index in [1.807, 2.05) is 42.3 Å². The highest BCUT2D eigenvalue weighted by Crippen LogP contribution is 2.15. The summed E-state index contributed by atoms with van der Waals surface area (Å²) in [6.45, 7) is 0.554. The quantitative estimate of drug-likeness (QED) is 0.896. The van der Waals surface area contributed by atoms with E-state index in [-0.39, 0.29) is 18.3 Å². The fourth-order valence-electron chi connectivity index (χ4n) is 1.96. The average molecular weight is 351 g/mol. The van der Waals surface area contributed by atoms with Crippen LogP contribution in [0.15, 0.2) is 53.0 Å². The number of amides is 1. The van der Waals surface area contributed by atoms with Gasteiger partial charge < -0.3 is 10.2 Å². The molecule has 0 atom stereocenters. The van der Waals surface area contributed by atoms with Crippen LogP contribution in [0.5, 0.6) is 0 Å². The van der Waals surface area contributed by atoms with Gasteiger partial charge in [-0.15, -0.1) is 0 Å². The summed E-state index contributed by atoms with van der Waals surface area (Å²) in [6.07, 6.45) is 0. The van der Waals surface area contributed by atoms with Crippen LogP contribution in [0.1, 0.15) is 5.56 Å². The van der Waals surface area contributed by atoms with Crippen molar-refractivity contribution < 1.29 is 9.18 Å². The predicted molar refractivity (Wildman–Crippen MR) is 85.7 cm³/mol. The first-order chi connectivity index (χ1) is 10.0. The van der Waals surface area contributed by atoms with Crippen molar-refractivity contribution in [2.24, 2.45) is 0 Å². The number of halogens is 2. The van der Waals surface area contributed by atoms with Gasteiger partial charge in [0.05, 0.1) is 6.54 Å². The summed E-state index contributed by atoms with van der Waals surface area (Å²) in [5.41, 5.74) is 1.69. The Hall–Kier alpha value is -1.88. The Bertz CT molecular complexity index is 599. The van der Waals surface area contributed by atoms with E-state index in [2.05, 4.69) is 21.2 Å². The van der Waals surface area contributed by atoms with E-state index in [1.54, 1.807) is 6.07 Å². The van der Waals surface area contributed by atoms with Gasteiger partial charge in [-0.2, -0.15) is 0 Å². The lowest BCUT2D eigenvalue weighted by molar-refractivity contribution is -0.119. The van der Waals surface area contributed by atoms with Crippen LogP contribution in [0.2, 0.25) is 0 Å². The van der Waals surface area contributed by atoms with Gasteiger partial charge >= 0.3 is 0 Å². The summed E-state index contributed by atoms with van der Waals surface area (Å²) in [4.78, 5) is 13.8. The topological polar surface area (TPSA) is 32.3 Å². The van der Waals surface area contributed by atoms with Crippen molar-refractivity contribution in [3.63, 3.8) is 0 Å². The lowest BCUT2D eigenvalue weighted by Gasteiger charge is -2.18. The molecule has 3 nitrogen and oxygen atoms in total. The number of hydrogen-bond donors (Lipinski definition) is 1. The third-order valence-electron chi connectivity index (χ3n) is 2.99. The number of benzene rings is 2. The number of rotatable bonds is 5. The van der Waals surface area contributed by atoms with Crippen molar-refractivity contribution in [3.8, 4) is 0 Å². The maximum absolute atomic E-state index is 13.2. The van der Waals surface area contributed by atoms with E-state index in [0.717, 1.165) is 11.3 Å². The molecule has 0 aliphatic carbocycles. The van der Waals surface area contributed by atoms with Crippen LogP contribution in [0, 0.1) is 5.82 Å². The second kappa shape index (κ2) is 7.22. The summed E-state index contributed by atoms with van der Waals surface area (Å²) >= 11 is 3.23. The molecule has 0 radical (unpaired) electrons. The van der Waals surface area contributed by atoms with Crippen LogP contribution in [-0.2, 0) is 11.3 Å². The highest BCUT2D eigenvalue weighted by atomic mass is 79.9. The molecule has 0 aliphatic heterocycles. The van der Waals surface area contributed by atoms with Gasteiger partial charge in [0.1, 0.15) is 5.82 Å². The van der Waals surface area contributed by atoms with E-state index in [1.165, 1.54) is 12.1 Å². The van der Waals surface area contributed by atoms with Gasteiger partial charge in [0.15, 0.2) is 0 Å². The predicted octanol–water partition coefficient (Wildman–Crippen LogP) is 3.34. The lowest BCUT2D eigenvalue weighted by atomic mass is 10.2. The van der Waals surface area contributed by atoms with Crippen LogP contribution >= 0.6 is 15.9 Å². The smallest absolute Gasteiger partial charge is 0.239 e. The summed E-state index contributed by atoms with van der Waals surface area (Å²) in [5, 5.41) is 2.79. The zero-order chi connectivity index (χ0) is 15.2. The molecule has 0 saturated carbocycles. The molecule has 2 aromatic carbocycles. The maximum atomic E-state index is 13.2. The van der Waals surface area contributed by atoms with E-state index in [4.69, 9.17) is 0 Å². The number of para-hydroxylation sites is 1. The van der Waals surface area contributed by atoms with Crippen molar-refractivity contribution >= 4 is 27.5 Å². The average Bonchev–Trinajstić information content (AvgIpc) is 2.45. The van der Waals surface area contributed by atoms with Gasteiger partial charge in [0, 0.05) is 23.8 Å². The first kappa shape index (κ1) is 15.5. The third kappa shape index (κ3) is 4.86.